The zero-order valence-corrected chi connectivity index (χ0v) is 10.3. The van der Waals surface area contributed by atoms with Crippen molar-refractivity contribution in [1.29, 1.82) is 0 Å². The van der Waals surface area contributed by atoms with E-state index >= 15 is 0 Å². The van der Waals surface area contributed by atoms with Gasteiger partial charge in [0.05, 0.1) is 6.42 Å². The van der Waals surface area contributed by atoms with Gasteiger partial charge in [-0.3, -0.25) is 9.59 Å². The first-order valence-corrected chi connectivity index (χ1v) is 5.49. The summed E-state index contributed by atoms with van der Waals surface area (Å²) in [5.41, 5.74) is 1.01. The fourth-order valence-electron chi connectivity index (χ4n) is 1.41. The first kappa shape index (κ1) is 13.1. The normalized spacial score (nSPS) is 12.2. The second kappa shape index (κ2) is 5.37. The molecule has 1 rings (SSSR count). The fraction of sp³-hybridized carbons (Fsp3) is 0.273. The molecule has 1 aromatic carbocycles. The highest BCUT2D eigenvalue weighted by Gasteiger charge is 2.20. The number of halogens is 1. The Morgan fingerprint density at radius 2 is 2.12 bits per heavy atom. The van der Waals surface area contributed by atoms with E-state index < -0.39 is 11.3 Å². The molecule has 0 aromatic heterocycles. The molecule has 1 unspecified atom stereocenters. The number of carbonyl (C=O) groups excluding carboxylic acids is 1. The van der Waals surface area contributed by atoms with Crippen molar-refractivity contribution in [2.45, 2.75) is 23.6 Å². The Kier molecular flexibility index (Phi) is 4.38. The Bertz CT molecular complexity index is 431. The van der Waals surface area contributed by atoms with Crippen molar-refractivity contribution in [2.75, 3.05) is 0 Å². The Morgan fingerprint density at radius 3 is 2.62 bits per heavy atom. The maximum atomic E-state index is 11.2. The lowest BCUT2D eigenvalue weighted by Gasteiger charge is -2.13. The quantitative estimate of drug-likeness (QED) is 0.644. The smallest absolute Gasteiger partial charge is 0.307 e. The van der Waals surface area contributed by atoms with Gasteiger partial charge in [0.2, 0.25) is 0 Å². The molecule has 0 bridgehead atoms. The summed E-state index contributed by atoms with van der Waals surface area (Å²) in [7, 11) is 0. The molecule has 1 atom stereocenters. The van der Waals surface area contributed by atoms with Gasteiger partial charge in [-0.05, 0) is 24.1 Å². The van der Waals surface area contributed by atoms with Gasteiger partial charge in [-0.2, -0.15) is 0 Å². The number of ketones is 1. The number of carboxylic acids is 1. The van der Waals surface area contributed by atoms with E-state index in [-0.39, 0.29) is 12.2 Å². The molecule has 0 aliphatic carbocycles. The van der Waals surface area contributed by atoms with Crippen molar-refractivity contribution in [1.82, 2.24) is 0 Å². The highest BCUT2D eigenvalue weighted by Crippen LogP contribution is 2.31. The molecule has 0 fully saturated rings. The average molecular weight is 259 g/mol. The van der Waals surface area contributed by atoms with Crippen LogP contribution >= 0.6 is 24.2 Å². The van der Waals surface area contributed by atoms with Crippen LogP contribution in [-0.2, 0) is 16.0 Å². The topological polar surface area (TPSA) is 54.4 Å². The van der Waals surface area contributed by atoms with Crippen LogP contribution in [0.2, 0.25) is 0 Å². The SMILES string of the molecule is CC(=O)C(Cl)c1c(S)cccc1CC(=O)O. The lowest BCUT2D eigenvalue weighted by molar-refractivity contribution is -0.136. The van der Waals surface area contributed by atoms with Gasteiger partial charge in [-0.25, -0.2) is 0 Å². The van der Waals surface area contributed by atoms with E-state index in [4.69, 9.17) is 16.7 Å². The second-order valence-corrected chi connectivity index (χ2v) is 4.31. The zero-order valence-electron chi connectivity index (χ0n) is 8.61. The van der Waals surface area contributed by atoms with Crippen molar-refractivity contribution in [2.24, 2.45) is 0 Å². The minimum absolute atomic E-state index is 0.166. The summed E-state index contributed by atoms with van der Waals surface area (Å²) in [5, 5.41) is 7.91. The maximum absolute atomic E-state index is 11.2. The molecule has 0 radical (unpaired) electrons. The number of carbonyl (C=O) groups is 2. The van der Waals surface area contributed by atoms with Gasteiger partial charge in [-0.15, -0.1) is 24.2 Å². The van der Waals surface area contributed by atoms with Gasteiger partial charge in [0.15, 0.2) is 5.78 Å². The standard InChI is InChI=1S/C11H11ClO3S/c1-6(13)11(12)10-7(5-9(14)15)3-2-4-8(10)16/h2-4,11,16H,5H2,1H3,(H,14,15). The second-order valence-electron chi connectivity index (χ2n) is 3.39. The molecule has 5 heteroatoms. The van der Waals surface area contributed by atoms with Crippen LogP contribution in [0.15, 0.2) is 23.1 Å². The van der Waals surface area contributed by atoms with E-state index in [1.165, 1.54) is 6.92 Å². The Hall–Kier alpha value is -1.00. The number of alkyl halides is 1. The summed E-state index contributed by atoms with van der Waals surface area (Å²) >= 11 is 10.1. The Labute approximate surface area is 104 Å². The third-order valence-corrected chi connectivity index (χ3v) is 3.04. The molecule has 16 heavy (non-hydrogen) atoms. The van der Waals surface area contributed by atoms with E-state index in [9.17, 15) is 9.59 Å². The van der Waals surface area contributed by atoms with Crippen molar-refractivity contribution in [3.05, 3.63) is 29.3 Å². The molecule has 1 aromatic rings. The van der Waals surface area contributed by atoms with E-state index in [2.05, 4.69) is 12.6 Å². The van der Waals surface area contributed by atoms with E-state index in [0.717, 1.165) is 0 Å². The molecular weight excluding hydrogens is 248 g/mol. The lowest BCUT2D eigenvalue weighted by Crippen LogP contribution is -2.09. The minimum atomic E-state index is -0.965. The molecule has 1 N–H and O–H groups in total. The number of hydrogen-bond donors (Lipinski definition) is 2. The van der Waals surface area contributed by atoms with Gasteiger partial charge in [0.25, 0.3) is 0 Å². The average Bonchev–Trinajstić information content (AvgIpc) is 2.16. The van der Waals surface area contributed by atoms with Crippen LogP contribution in [0.4, 0.5) is 0 Å². The van der Waals surface area contributed by atoms with Gasteiger partial charge >= 0.3 is 5.97 Å². The summed E-state index contributed by atoms with van der Waals surface area (Å²) in [4.78, 5) is 22.4. The summed E-state index contributed by atoms with van der Waals surface area (Å²) in [6.07, 6.45) is -0.166. The number of benzene rings is 1. The molecule has 3 nitrogen and oxygen atoms in total. The predicted octanol–water partition coefficient (Wildman–Crippen LogP) is 2.47. The molecule has 0 aliphatic rings. The number of Topliss-reactive ketones (excluding diaryl/α,β-unsaturated/α-hetero) is 1. The third kappa shape index (κ3) is 3.00. The van der Waals surface area contributed by atoms with Crippen LogP contribution in [0.25, 0.3) is 0 Å². The number of carboxylic acid groups (broad SMARTS) is 1. The molecule has 0 spiro atoms. The Morgan fingerprint density at radius 1 is 1.50 bits per heavy atom. The first-order valence-electron chi connectivity index (χ1n) is 4.60. The van der Waals surface area contributed by atoms with Crippen LogP contribution < -0.4 is 0 Å². The monoisotopic (exact) mass is 258 g/mol. The van der Waals surface area contributed by atoms with Crippen molar-refractivity contribution >= 4 is 36.0 Å². The molecule has 0 saturated heterocycles. The summed E-state index contributed by atoms with van der Waals surface area (Å²) in [5.74, 6) is -1.19. The largest absolute Gasteiger partial charge is 0.481 e. The summed E-state index contributed by atoms with van der Waals surface area (Å²) in [6, 6.07) is 5.01. The van der Waals surface area contributed by atoms with Crippen LogP contribution in [0.5, 0.6) is 0 Å². The third-order valence-electron chi connectivity index (χ3n) is 2.13. The molecule has 0 aliphatic heterocycles. The fourth-order valence-corrected chi connectivity index (χ4v) is 2.10. The van der Waals surface area contributed by atoms with Gasteiger partial charge in [0, 0.05) is 4.90 Å². The Balaban J connectivity index is 3.22. The number of aliphatic carboxylic acids is 1. The van der Waals surface area contributed by atoms with E-state index in [1.807, 2.05) is 0 Å². The first-order chi connectivity index (χ1) is 7.43. The molecule has 0 saturated carbocycles. The lowest BCUT2D eigenvalue weighted by atomic mass is 10.00. The van der Waals surface area contributed by atoms with Gasteiger partial charge in [-0.1, -0.05) is 12.1 Å². The van der Waals surface area contributed by atoms with Gasteiger partial charge in [0.1, 0.15) is 5.38 Å². The number of hydrogen-bond acceptors (Lipinski definition) is 3. The number of rotatable bonds is 4. The minimum Gasteiger partial charge on any atom is -0.481 e. The van der Waals surface area contributed by atoms with Crippen LogP contribution in [0.3, 0.4) is 0 Å². The summed E-state index contributed by atoms with van der Waals surface area (Å²) in [6.45, 7) is 1.36. The van der Waals surface area contributed by atoms with Crippen molar-refractivity contribution in [3.63, 3.8) is 0 Å². The molecular formula is C11H11ClO3S. The molecule has 0 amide bonds. The predicted molar refractivity (Wildman–Crippen MR) is 64.3 cm³/mol. The van der Waals surface area contributed by atoms with Crippen molar-refractivity contribution in [3.8, 4) is 0 Å². The van der Waals surface area contributed by atoms with Crippen LogP contribution in [0, 0.1) is 0 Å². The molecule has 86 valence electrons. The van der Waals surface area contributed by atoms with E-state index in [0.29, 0.717) is 16.0 Å². The highest BCUT2D eigenvalue weighted by molar-refractivity contribution is 7.80. The summed E-state index contributed by atoms with van der Waals surface area (Å²) < 4.78 is 0. The number of thiol groups is 1. The van der Waals surface area contributed by atoms with Crippen molar-refractivity contribution < 1.29 is 14.7 Å². The highest BCUT2D eigenvalue weighted by atomic mass is 35.5. The zero-order chi connectivity index (χ0) is 12.3. The van der Waals surface area contributed by atoms with E-state index in [1.54, 1.807) is 18.2 Å². The maximum Gasteiger partial charge on any atom is 0.307 e. The van der Waals surface area contributed by atoms with Gasteiger partial charge < -0.3 is 5.11 Å². The van der Waals surface area contributed by atoms with Crippen LogP contribution in [0.1, 0.15) is 23.4 Å². The van der Waals surface area contributed by atoms with Crippen LogP contribution in [-0.4, -0.2) is 16.9 Å². The molecule has 0 heterocycles.